The van der Waals surface area contributed by atoms with Gasteiger partial charge in [-0.25, -0.2) is 13.8 Å². The van der Waals surface area contributed by atoms with Gasteiger partial charge >= 0.3 is 5.97 Å². The van der Waals surface area contributed by atoms with Gasteiger partial charge in [0.1, 0.15) is 5.75 Å². The third kappa shape index (κ3) is 7.13. The maximum Gasteiger partial charge on any atom is 0.308 e. The molecule has 0 unspecified atom stereocenters. The molecule has 4 rings (SSSR count). The SMILES string of the molecule is CC(=O)Oc1ccc(/C=N/NC(=O)c2ccccc2N(Cc2ccc(Cl)cc2)S(=O)(=O)c2ccc(C)cc2)cc1. The fraction of sp³-hybridized carbons (Fsp3) is 0.100. The number of esters is 1. The molecule has 204 valence electrons. The topological polar surface area (TPSA) is 105 Å². The number of para-hydroxylation sites is 1. The quantitative estimate of drug-likeness (QED) is 0.119. The molecular weight excluding hydrogens is 550 g/mol. The van der Waals surface area contributed by atoms with Gasteiger partial charge in [-0.1, -0.05) is 53.6 Å². The summed E-state index contributed by atoms with van der Waals surface area (Å²) in [7, 11) is -4.07. The molecule has 0 radical (unpaired) electrons. The van der Waals surface area contributed by atoms with Crippen LogP contribution < -0.4 is 14.5 Å². The Hall–Kier alpha value is -4.47. The average Bonchev–Trinajstić information content (AvgIpc) is 2.93. The number of anilines is 1. The number of sulfonamides is 1. The van der Waals surface area contributed by atoms with Gasteiger partial charge in [-0.2, -0.15) is 5.10 Å². The molecule has 0 bridgehead atoms. The summed E-state index contributed by atoms with van der Waals surface area (Å²) in [5, 5.41) is 4.54. The highest BCUT2D eigenvalue weighted by Gasteiger charge is 2.28. The first-order valence-electron chi connectivity index (χ1n) is 12.2. The first kappa shape index (κ1) is 28.5. The molecule has 0 atom stereocenters. The van der Waals surface area contributed by atoms with Crippen molar-refractivity contribution >= 4 is 45.4 Å². The zero-order valence-electron chi connectivity index (χ0n) is 21.7. The summed E-state index contributed by atoms with van der Waals surface area (Å²) in [6.45, 7) is 3.15. The fourth-order valence-corrected chi connectivity index (χ4v) is 5.39. The Morgan fingerprint density at radius 1 is 0.925 bits per heavy atom. The molecule has 1 N–H and O–H groups in total. The molecule has 0 aliphatic carbocycles. The van der Waals surface area contributed by atoms with E-state index in [0.29, 0.717) is 21.9 Å². The van der Waals surface area contributed by atoms with Crippen LogP contribution in [0, 0.1) is 6.92 Å². The van der Waals surface area contributed by atoms with Crippen molar-refractivity contribution in [3.63, 3.8) is 0 Å². The number of hydrogen-bond donors (Lipinski definition) is 1. The van der Waals surface area contributed by atoms with Crippen LogP contribution in [0.15, 0.2) is 107 Å². The predicted octanol–water partition coefficient (Wildman–Crippen LogP) is 5.73. The van der Waals surface area contributed by atoms with Crippen LogP contribution in [-0.4, -0.2) is 26.5 Å². The van der Waals surface area contributed by atoms with Gasteiger partial charge in [0.15, 0.2) is 0 Å². The molecule has 1 amide bonds. The third-order valence-electron chi connectivity index (χ3n) is 5.79. The molecule has 4 aromatic carbocycles. The van der Waals surface area contributed by atoms with Crippen molar-refractivity contribution < 1.29 is 22.7 Å². The minimum atomic E-state index is -4.07. The summed E-state index contributed by atoms with van der Waals surface area (Å²) >= 11 is 6.04. The highest BCUT2D eigenvalue weighted by molar-refractivity contribution is 7.92. The second-order valence-corrected chi connectivity index (χ2v) is 11.1. The minimum absolute atomic E-state index is 0.0321. The predicted molar refractivity (Wildman–Crippen MR) is 155 cm³/mol. The summed E-state index contributed by atoms with van der Waals surface area (Å²) in [6, 6.07) is 26.3. The van der Waals surface area contributed by atoms with Crippen LogP contribution >= 0.6 is 11.6 Å². The van der Waals surface area contributed by atoms with E-state index in [9.17, 15) is 18.0 Å². The summed E-state index contributed by atoms with van der Waals surface area (Å²) in [5.41, 5.74) is 5.03. The van der Waals surface area contributed by atoms with Crippen LogP contribution in [0.2, 0.25) is 5.02 Å². The minimum Gasteiger partial charge on any atom is -0.427 e. The molecule has 8 nitrogen and oxygen atoms in total. The average molecular weight is 576 g/mol. The van der Waals surface area contributed by atoms with E-state index in [4.69, 9.17) is 16.3 Å². The van der Waals surface area contributed by atoms with Crippen LogP contribution in [0.5, 0.6) is 5.75 Å². The number of carbonyl (C=O) groups excluding carboxylic acids is 2. The van der Waals surface area contributed by atoms with Gasteiger partial charge in [0.25, 0.3) is 15.9 Å². The van der Waals surface area contributed by atoms with Crippen LogP contribution in [0.4, 0.5) is 5.69 Å². The molecule has 0 aliphatic rings. The van der Waals surface area contributed by atoms with Crippen LogP contribution in [0.3, 0.4) is 0 Å². The number of benzene rings is 4. The molecule has 4 aromatic rings. The zero-order valence-corrected chi connectivity index (χ0v) is 23.3. The van der Waals surface area contributed by atoms with Crippen molar-refractivity contribution in [2.24, 2.45) is 5.10 Å². The molecule has 0 saturated carbocycles. The van der Waals surface area contributed by atoms with Gasteiger partial charge in [-0.3, -0.25) is 13.9 Å². The highest BCUT2D eigenvalue weighted by Crippen LogP contribution is 2.30. The van der Waals surface area contributed by atoms with Gasteiger partial charge in [0, 0.05) is 11.9 Å². The van der Waals surface area contributed by atoms with Crippen LogP contribution in [-0.2, 0) is 21.4 Å². The molecule has 10 heteroatoms. The number of aryl methyl sites for hydroxylation is 1. The van der Waals surface area contributed by atoms with Crippen LogP contribution in [0.25, 0.3) is 0 Å². The summed E-state index contributed by atoms with van der Waals surface area (Å²) in [4.78, 5) is 24.4. The zero-order chi connectivity index (χ0) is 28.7. The van der Waals surface area contributed by atoms with Gasteiger partial charge < -0.3 is 4.74 Å². The van der Waals surface area contributed by atoms with Gasteiger partial charge in [-0.15, -0.1) is 0 Å². The maximum absolute atomic E-state index is 13.9. The molecule has 0 fully saturated rings. The number of ether oxygens (including phenoxy) is 1. The van der Waals surface area contributed by atoms with Crippen molar-refractivity contribution in [1.82, 2.24) is 5.43 Å². The lowest BCUT2D eigenvalue weighted by atomic mass is 10.1. The lowest BCUT2D eigenvalue weighted by Crippen LogP contribution is -2.33. The normalized spacial score (nSPS) is 11.3. The Bertz CT molecular complexity index is 1640. The van der Waals surface area contributed by atoms with E-state index >= 15 is 0 Å². The Morgan fingerprint density at radius 3 is 2.23 bits per heavy atom. The molecule has 0 aliphatic heterocycles. The van der Waals surface area contributed by atoms with Gasteiger partial charge in [0.2, 0.25) is 0 Å². The standard InChI is InChI=1S/C30H26ClN3O5S/c1-21-7-17-27(18-8-21)40(37,38)34(20-24-9-13-25(31)14-10-24)29-6-4-3-5-28(29)30(36)33-32-19-23-11-15-26(16-12-23)39-22(2)35/h3-19H,20H2,1-2H3,(H,33,36)/b32-19+. The Balaban J connectivity index is 1.64. The number of nitrogens with zero attached hydrogens (tertiary/aromatic N) is 2. The molecule has 0 aromatic heterocycles. The van der Waals surface area contributed by atoms with Crippen molar-refractivity contribution in [3.05, 3.63) is 124 Å². The lowest BCUT2D eigenvalue weighted by Gasteiger charge is -2.26. The van der Waals surface area contributed by atoms with Gasteiger partial charge in [0.05, 0.1) is 28.9 Å². The lowest BCUT2D eigenvalue weighted by molar-refractivity contribution is -0.131. The molecule has 0 spiro atoms. The van der Waals surface area contributed by atoms with Crippen molar-refractivity contribution in [2.75, 3.05) is 4.31 Å². The smallest absolute Gasteiger partial charge is 0.308 e. The van der Waals surface area contributed by atoms with Crippen molar-refractivity contribution in [1.29, 1.82) is 0 Å². The second-order valence-electron chi connectivity index (χ2n) is 8.83. The monoisotopic (exact) mass is 575 g/mol. The maximum atomic E-state index is 13.9. The molecule has 40 heavy (non-hydrogen) atoms. The second kappa shape index (κ2) is 12.6. The largest absolute Gasteiger partial charge is 0.427 e. The summed E-state index contributed by atoms with van der Waals surface area (Å²) in [6.07, 6.45) is 1.42. The summed E-state index contributed by atoms with van der Waals surface area (Å²) < 4.78 is 34.0. The number of amides is 1. The first-order valence-corrected chi connectivity index (χ1v) is 14.0. The van der Waals surface area contributed by atoms with Crippen molar-refractivity contribution in [3.8, 4) is 5.75 Å². The Kier molecular flexibility index (Phi) is 8.98. The van der Waals surface area contributed by atoms with E-state index in [-0.39, 0.29) is 22.7 Å². The number of carbonyl (C=O) groups is 2. The highest BCUT2D eigenvalue weighted by atomic mass is 35.5. The number of halogens is 1. The molecule has 0 saturated heterocycles. The van der Waals surface area contributed by atoms with E-state index in [2.05, 4.69) is 10.5 Å². The number of hydrogen-bond acceptors (Lipinski definition) is 6. The molecular formula is C30H26ClN3O5S. The van der Waals surface area contributed by atoms with Gasteiger partial charge in [-0.05, 0) is 78.7 Å². The summed E-state index contributed by atoms with van der Waals surface area (Å²) in [5.74, 6) is -0.636. The third-order valence-corrected chi connectivity index (χ3v) is 7.81. The Morgan fingerprint density at radius 2 is 1.57 bits per heavy atom. The van der Waals surface area contributed by atoms with E-state index in [0.717, 1.165) is 5.56 Å². The van der Waals surface area contributed by atoms with E-state index < -0.39 is 21.9 Å². The Labute approximate surface area is 237 Å². The van der Waals surface area contributed by atoms with Crippen LogP contribution in [0.1, 0.15) is 34.0 Å². The fourth-order valence-electron chi connectivity index (χ4n) is 3.79. The van der Waals surface area contributed by atoms with E-state index in [1.807, 2.05) is 6.92 Å². The number of rotatable bonds is 9. The van der Waals surface area contributed by atoms with E-state index in [1.165, 1.54) is 23.5 Å². The first-order chi connectivity index (χ1) is 19.1. The molecule has 0 heterocycles. The number of nitrogens with one attached hydrogen (secondary N) is 1. The number of hydrazone groups is 1. The van der Waals surface area contributed by atoms with E-state index in [1.54, 1.807) is 91.0 Å². The van der Waals surface area contributed by atoms with Crippen molar-refractivity contribution in [2.45, 2.75) is 25.3 Å².